The molecular formula is C23H17N3O4S. The summed E-state index contributed by atoms with van der Waals surface area (Å²) in [7, 11) is 0. The largest absolute Gasteiger partial charge is 0.478 e. The average Bonchev–Trinajstić information content (AvgIpc) is 3.21. The zero-order chi connectivity index (χ0) is 22.1. The fourth-order valence-electron chi connectivity index (χ4n) is 3.27. The molecule has 0 unspecified atom stereocenters. The summed E-state index contributed by atoms with van der Waals surface area (Å²) in [5, 5.41) is 11.8. The number of nitrogens with zero attached hydrogens (tertiary/aromatic N) is 2. The number of carbonyl (C=O) groups is 3. The SMILES string of the molecule is Cc1ccc(N2C(=O)/C(=C/c3cccn3-c3cccc(C(=O)O)c3)C(=O)NC2=S)cc1. The number of carboxylic acids is 1. The van der Waals surface area contributed by atoms with Crippen molar-refractivity contribution < 1.29 is 19.5 Å². The number of amides is 2. The summed E-state index contributed by atoms with van der Waals surface area (Å²) in [5.41, 5.74) is 2.76. The highest BCUT2D eigenvalue weighted by Crippen LogP contribution is 2.23. The smallest absolute Gasteiger partial charge is 0.335 e. The van der Waals surface area contributed by atoms with Gasteiger partial charge in [0.2, 0.25) is 0 Å². The number of rotatable bonds is 4. The molecule has 0 radical (unpaired) electrons. The number of aryl methyl sites for hydroxylation is 1. The molecule has 3 aromatic rings. The Morgan fingerprint density at radius 2 is 1.77 bits per heavy atom. The lowest BCUT2D eigenvalue weighted by Gasteiger charge is -2.29. The number of aromatic nitrogens is 1. The second kappa shape index (κ2) is 8.00. The molecule has 4 rings (SSSR count). The Bertz CT molecular complexity index is 1260. The van der Waals surface area contributed by atoms with Crippen LogP contribution in [0, 0.1) is 6.92 Å². The van der Waals surface area contributed by atoms with Crippen LogP contribution in [0.1, 0.15) is 21.6 Å². The summed E-state index contributed by atoms with van der Waals surface area (Å²) in [4.78, 5) is 38.3. The van der Waals surface area contributed by atoms with Crippen molar-refractivity contribution in [3.05, 3.63) is 89.3 Å². The Morgan fingerprint density at radius 3 is 2.48 bits per heavy atom. The van der Waals surface area contributed by atoms with Gasteiger partial charge in [-0.2, -0.15) is 0 Å². The topological polar surface area (TPSA) is 91.6 Å². The van der Waals surface area contributed by atoms with Gasteiger partial charge < -0.3 is 9.67 Å². The zero-order valence-corrected chi connectivity index (χ0v) is 17.2. The normalized spacial score (nSPS) is 15.3. The van der Waals surface area contributed by atoms with Crippen molar-refractivity contribution in [2.45, 2.75) is 6.92 Å². The molecule has 2 aromatic carbocycles. The second-order valence-corrected chi connectivity index (χ2v) is 7.34. The van der Waals surface area contributed by atoms with Crippen LogP contribution in [0.2, 0.25) is 0 Å². The number of benzene rings is 2. The number of carboxylic acid groups (broad SMARTS) is 1. The van der Waals surface area contributed by atoms with Crippen molar-refractivity contribution >= 4 is 46.9 Å². The number of hydrogen-bond acceptors (Lipinski definition) is 4. The molecule has 0 spiro atoms. The molecule has 1 aromatic heterocycles. The third-order valence-electron chi connectivity index (χ3n) is 4.84. The van der Waals surface area contributed by atoms with Gasteiger partial charge in [-0.05, 0) is 67.7 Å². The molecule has 2 heterocycles. The van der Waals surface area contributed by atoms with Crippen LogP contribution in [0.5, 0.6) is 0 Å². The van der Waals surface area contributed by atoms with Gasteiger partial charge in [0.05, 0.1) is 11.3 Å². The van der Waals surface area contributed by atoms with Crippen LogP contribution in [-0.4, -0.2) is 32.6 Å². The molecule has 1 aliphatic rings. The summed E-state index contributed by atoms with van der Waals surface area (Å²) < 4.78 is 1.70. The highest BCUT2D eigenvalue weighted by molar-refractivity contribution is 7.80. The molecule has 2 amide bonds. The fraction of sp³-hybridized carbons (Fsp3) is 0.0435. The molecule has 154 valence electrons. The van der Waals surface area contributed by atoms with E-state index in [0.29, 0.717) is 17.1 Å². The molecule has 2 N–H and O–H groups in total. The summed E-state index contributed by atoms with van der Waals surface area (Å²) >= 11 is 5.22. The predicted octanol–water partition coefficient (Wildman–Crippen LogP) is 3.32. The van der Waals surface area contributed by atoms with E-state index in [0.717, 1.165) is 5.56 Å². The van der Waals surface area contributed by atoms with Gasteiger partial charge in [0.25, 0.3) is 11.8 Å². The number of anilines is 1. The molecular weight excluding hydrogens is 414 g/mol. The lowest BCUT2D eigenvalue weighted by molar-refractivity contribution is -0.122. The van der Waals surface area contributed by atoms with Crippen LogP contribution in [0.25, 0.3) is 11.8 Å². The maximum Gasteiger partial charge on any atom is 0.335 e. The molecule has 0 saturated carbocycles. The number of thiocarbonyl (C=S) groups is 1. The molecule has 1 aliphatic heterocycles. The Balaban J connectivity index is 1.74. The van der Waals surface area contributed by atoms with E-state index in [1.54, 1.807) is 47.2 Å². The van der Waals surface area contributed by atoms with E-state index in [4.69, 9.17) is 12.2 Å². The highest BCUT2D eigenvalue weighted by atomic mass is 32.1. The van der Waals surface area contributed by atoms with E-state index in [9.17, 15) is 19.5 Å². The monoisotopic (exact) mass is 431 g/mol. The first kappa shape index (κ1) is 20.2. The van der Waals surface area contributed by atoms with Gasteiger partial charge in [-0.3, -0.25) is 19.8 Å². The van der Waals surface area contributed by atoms with Gasteiger partial charge in [-0.15, -0.1) is 0 Å². The number of carbonyl (C=O) groups excluding carboxylic acids is 2. The van der Waals surface area contributed by atoms with Crippen molar-refractivity contribution in [2.75, 3.05) is 4.90 Å². The standard InChI is InChI=1S/C23H17N3O4S/c1-14-7-9-16(10-8-14)26-21(28)19(20(27)24-23(26)31)13-18-6-3-11-25(18)17-5-2-4-15(12-17)22(29)30/h2-13H,1H3,(H,29,30)(H,24,27,31)/b19-13+. The van der Waals surface area contributed by atoms with Gasteiger partial charge in [-0.1, -0.05) is 23.8 Å². The van der Waals surface area contributed by atoms with Gasteiger partial charge in [0.1, 0.15) is 5.57 Å². The lowest BCUT2D eigenvalue weighted by Crippen LogP contribution is -2.54. The molecule has 0 atom stereocenters. The van der Waals surface area contributed by atoms with Gasteiger partial charge in [-0.25, -0.2) is 4.79 Å². The lowest BCUT2D eigenvalue weighted by atomic mass is 10.1. The second-order valence-electron chi connectivity index (χ2n) is 6.95. The van der Waals surface area contributed by atoms with Crippen LogP contribution < -0.4 is 10.2 Å². The van der Waals surface area contributed by atoms with E-state index in [1.807, 2.05) is 19.1 Å². The first-order valence-electron chi connectivity index (χ1n) is 9.34. The molecule has 0 bridgehead atoms. The molecule has 8 heteroatoms. The van der Waals surface area contributed by atoms with Crippen LogP contribution in [0.3, 0.4) is 0 Å². The van der Waals surface area contributed by atoms with Crippen molar-refractivity contribution in [2.24, 2.45) is 0 Å². The van der Waals surface area contributed by atoms with Crippen molar-refractivity contribution in [3.63, 3.8) is 0 Å². The summed E-state index contributed by atoms with van der Waals surface area (Å²) in [6.45, 7) is 1.93. The van der Waals surface area contributed by atoms with E-state index >= 15 is 0 Å². The van der Waals surface area contributed by atoms with Crippen LogP contribution >= 0.6 is 12.2 Å². The van der Waals surface area contributed by atoms with Crippen molar-refractivity contribution in [3.8, 4) is 5.69 Å². The maximum absolute atomic E-state index is 13.2. The van der Waals surface area contributed by atoms with Crippen molar-refractivity contribution in [1.29, 1.82) is 0 Å². The third-order valence-corrected chi connectivity index (χ3v) is 5.12. The van der Waals surface area contributed by atoms with E-state index in [1.165, 1.54) is 23.1 Å². The van der Waals surface area contributed by atoms with Gasteiger partial charge in [0, 0.05) is 17.6 Å². The minimum atomic E-state index is -1.04. The van der Waals surface area contributed by atoms with Crippen LogP contribution in [-0.2, 0) is 9.59 Å². The molecule has 31 heavy (non-hydrogen) atoms. The highest BCUT2D eigenvalue weighted by Gasteiger charge is 2.34. The fourth-order valence-corrected chi connectivity index (χ4v) is 3.55. The molecule has 1 saturated heterocycles. The maximum atomic E-state index is 13.2. The Hall–Kier alpha value is -4.04. The van der Waals surface area contributed by atoms with E-state index < -0.39 is 17.8 Å². The third kappa shape index (κ3) is 3.88. The predicted molar refractivity (Wildman–Crippen MR) is 120 cm³/mol. The minimum absolute atomic E-state index is 0.0144. The quantitative estimate of drug-likeness (QED) is 0.376. The van der Waals surface area contributed by atoms with Crippen molar-refractivity contribution in [1.82, 2.24) is 9.88 Å². The number of aromatic carboxylic acids is 1. The minimum Gasteiger partial charge on any atom is -0.478 e. The number of hydrogen-bond donors (Lipinski definition) is 2. The van der Waals surface area contributed by atoms with Crippen LogP contribution in [0.4, 0.5) is 5.69 Å². The first-order chi connectivity index (χ1) is 14.8. The summed E-state index contributed by atoms with van der Waals surface area (Å²) in [6.07, 6.45) is 3.19. The zero-order valence-electron chi connectivity index (χ0n) is 16.4. The number of nitrogens with one attached hydrogen (secondary N) is 1. The average molecular weight is 431 g/mol. The first-order valence-corrected chi connectivity index (χ1v) is 9.75. The summed E-state index contributed by atoms with van der Waals surface area (Å²) in [5.74, 6) is -2.17. The Morgan fingerprint density at radius 1 is 1.03 bits per heavy atom. The van der Waals surface area contributed by atoms with Gasteiger partial charge in [0.15, 0.2) is 5.11 Å². The Kier molecular flexibility index (Phi) is 5.22. The molecule has 1 fully saturated rings. The molecule has 0 aliphatic carbocycles. The van der Waals surface area contributed by atoms with E-state index in [-0.39, 0.29) is 16.2 Å². The van der Waals surface area contributed by atoms with Crippen LogP contribution in [0.15, 0.2) is 72.4 Å². The van der Waals surface area contributed by atoms with E-state index in [2.05, 4.69) is 5.32 Å². The molecule has 7 nitrogen and oxygen atoms in total. The van der Waals surface area contributed by atoms with Gasteiger partial charge >= 0.3 is 5.97 Å². The Labute approximate surface area is 183 Å². The summed E-state index contributed by atoms with van der Waals surface area (Å²) in [6, 6.07) is 17.1.